The summed E-state index contributed by atoms with van der Waals surface area (Å²) in [7, 11) is 0. The van der Waals surface area contributed by atoms with E-state index >= 15 is 0 Å². The monoisotopic (exact) mass is 216 g/mol. The Bertz CT molecular complexity index is 415. The second-order valence-corrected chi connectivity index (χ2v) is 2.73. The van der Waals surface area contributed by atoms with Crippen LogP contribution in [0.3, 0.4) is 0 Å². The number of carbonyl (C=O) groups excluding carboxylic acids is 1. The van der Waals surface area contributed by atoms with Gasteiger partial charge in [-0.15, -0.1) is 0 Å². The topological polar surface area (TPSA) is 53.8 Å². The lowest BCUT2D eigenvalue weighted by atomic mass is 10.2. The molecular weight excluding hydrogens is 214 g/mol. The molecule has 0 aliphatic rings. The van der Waals surface area contributed by atoms with E-state index in [1.165, 1.54) is 6.07 Å². The van der Waals surface area contributed by atoms with Gasteiger partial charge in [-0.1, -0.05) is 11.6 Å². The molecule has 1 rings (SSSR count). The molecule has 1 heterocycles. The zero-order valence-corrected chi connectivity index (χ0v) is 7.42. The highest BCUT2D eigenvalue weighted by atomic mass is 35.5. The average molecular weight is 217 g/mol. The number of nitriles is 1. The number of aldehydes is 1. The summed E-state index contributed by atoms with van der Waals surface area (Å²) in [6.07, 6.45) is -2.64. The first-order valence-electron chi connectivity index (χ1n) is 3.44. The lowest BCUT2D eigenvalue weighted by Crippen LogP contribution is -2.00. The quantitative estimate of drug-likeness (QED) is 0.713. The molecule has 0 saturated heterocycles. The molecule has 1 aromatic heterocycles. The van der Waals surface area contributed by atoms with Crippen LogP contribution < -0.4 is 0 Å². The van der Waals surface area contributed by atoms with Gasteiger partial charge in [-0.25, -0.2) is 13.8 Å². The van der Waals surface area contributed by atoms with Crippen molar-refractivity contribution in [2.24, 2.45) is 0 Å². The molecule has 0 fully saturated rings. The van der Waals surface area contributed by atoms with Crippen molar-refractivity contribution in [2.75, 3.05) is 0 Å². The molecule has 0 atom stereocenters. The van der Waals surface area contributed by atoms with Gasteiger partial charge in [0.1, 0.15) is 17.5 Å². The predicted molar refractivity (Wildman–Crippen MR) is 44.3 cm³/mol. The maximum absolute atomic E-state index is 12.3. The van der Waals surface area contributed by atoms with E-state index in [-0.39, 0.29) is 10.7 Å². The highest BCUT2D eigenvalue weighted by Gasteiger charge is 2.18. The summed E-state index contributed by atoms with van der Waals surface area (Å²) in [4.78, 5) is 13.6. The van der Waals surface area contributed by atoms with Crippen molar-refractivity contribution in [3.8, 4) is 6.07 Å². The van der Waals surface area contributed by atoms with E-state index in [4.69, 9.17) is 16.9 Å². The Labute approximate surface area is 82.9 Å². The Kier molecular flexibility index (Phi) is 3.10. The van der Waals surface area contributed by atoms with Crippen LogP contribution in [0.25, 0.3) is 0 Å². The summed E-state index contributed by atoms with van der Waals surface area (Å²) in [6, 6.07) is 2.57. The van der Waals surface area contributed by atoms with Crippen LogP contribution in [-0.2, 0) is 0 Å². The first-order valence-corrected chi connectivity index (χ1v) is 3.81. The van der Waals surface area contributed by atoms with Crippen molar-refractivity contribution in [3.63, 3.8) is 0 Å². The van der Waals surface area contributed by atoms with E-state index in [1.54, 1.807) is 0 Å². The average Bonchev–Trinajstić information content (AvgIpc) is 2.16. The third kappa shape index (κ3) is 1.86. The number of pyridine rings is 1. The minimum Gasteiger partial charge on any atom is -0.296 e. The minimum atomic E-state index is -2.93. The van der Waals surface area contributed by atoms with Crippen molar-refractivity contribution in [2.45, 2.75) is 6.43 Å². The molecule has 0 radical (unpaired) electrons. The smallest absolute Gasteiger partial charge is 0.281 e. The van der Waals surface area contributed by atoms with E-state index in [1.807, 2.05) is 0 Å². The van der Waals surface area contributed by atoms with Crippen molar-refractivity contribution >= 4 is 17.9 Å². The lowest BCUT2D eigenvalue weighted by molar-refractivity contribution is 0.111. The third-order valence-electron chi connectivity index (χ3n) is 1.46. The molecule has 0 aliphatic heterocycles. The molecule has 0 N–H and O–H groups in total. The van der Waals surface area contributed by atoms with Gasteiger partial charge in [0.2, 0.25) is 0 Å². The van der Waals surface area contributed by atoms with Crippen LogP contribution in [0.1, 0.15) is 28.2 Å². The summed E-state index contributed by atoms with van der Waals surface area (Å²) in [5, 5.41) is 8.32. The van der Waals surface area contributed by atoms with Crippen molar-refractivity contribution < 1.29 is 13.6 Å². The van der Waals surface area contributed by atoms with Crippen molar-refractivity contribution in [1.82, 2.24) is 4.98 Å². The molecular formula is C8H3ClF2N2O. The van der Waals surface area contributed by atoms with Crippen LogP contribution in [-0.4, -0.2) is 11.3 Å². The number of halogens is 3. The van der Waals surface area contributed by atoms with Gasteiger partial charge in [0.25, 0.3) is 6.43 Å². The van der Waals surface area contributed by atoms with Gasteiger partial charge in [-0.3, -0.25) is 4.79 Å². The first kappa shape index (κ1) is 10.5. The normalized spacial score (nSPS) is 9.93. The first-order chi connectivity index (χ1) is 6.60. The number of hydrogen-bond acceptors (Lipinski definition) is 3. The summed E-state index contributed by atoms with van der Waals surface area (Å²) in [5.74, 6) is 0. The summed E-state index contributed by atoms with van der Waals surface area (Å²) < 4.78 is 24.6. The Morgan fingerprint density at radius 1 is 1.64 bits per heavy atom. The Morgan fingerprint density at radius 2 is 2.29 bits per heavy atom. The second kappa shape index (κ2) is 4.11. The van der Waals surface area contributed by atoms with E-state index in [0.717, 1.165) is 6.07 Å². The number of aromatic nitrogens is 1. The van der Waals surface area contributed by atoms with Gasteiger partial charge in [-0.05, 0) is 6.07 Å². The molecule has 3 nitrogen and oxygen atoms in total. The lowest BCUT2D eigenvalue weighted by Gasteiger charge is -2.03. The third-order valence-corrected chi connectivity index (χ3v) is 1.76. The summed E-state index contributed by atoms with van der Waals surface area (Å²) >= 11 is 5.50. The van der Waals surface area contributed by atoms with Crippen molar-refractivity contribution in [1.29, 1.82) is 5.26 Å². The molecule has 72 valence electrons. The molecule has 0 saturated carbocycles. The van der Waals surface area contributed by atoms with Gasteiger partial charge in [0, 0.05) is 0 Å². The fourth-order valence-electron chi connectivity index (χ4n) is 0.881. The number of alkyl halides is 2. The number of hydrogen-bond donors (Lipinski definition) is 0. The van der Waals surface area contributed by atoms with E-state index in [9.17, 15) is 13.6 Å². The van der Waals surface area contributed by atoms with Crippen LogP contribution in [0.2, 0.25) is 5.02 Å². The SMILES string of the molecule is N#Cc1c(Cl)cc(C=O)nc1C(F)F. The predicted octanol–water partition coefficient (Wildman–Crippen LogP) is 2.36. The molecule has 0 aliphatic carbocycles. The fraction of sp³-hybridized carbons (Fsp3) is 0.125. The minimum absolute atomic E-state index is 0.195. The highest BCUT2D eigenvalue weighted by Crippen LogP contribution is 2.26. The van der Waals surface area contributed by atoms with Crippen LogP contribution in [0, 0.1) is 11.3 Å². The maximum atomic E-state index is 12.3. The molecule has 0 bridgehead atoms. The zero-order chi connectivity index (χ0) is 10.7. The number of rotatable bonds is 2. The summed E-state index contributed by atoms with van der Waals surface area (Å²) in [5.41, 5.74) is -1.38. The van der Waals surface area contributed by atoms with Crippen LogP contribution in [0.4, 0.5) is 8.78 Å². The Hall–Kier alpha value is -1.54. The van der Waals surface area contributed by atoms with Crippen molar-refractivity contribution in [3.05, 3.63) is 28.0 Å². The number of nitrogens with zero attached hydrogens (tertiary/aromatic N) is 2. The standard InChI is InChI=1S/C8H3ClF2N2O/c9-6-1-4(3-14)13-7(8(10)11)5(6)2-12/h1,3,8H. The van der Waals surface area contributed by atoms with E-state index in [2.05, 4.69) is 4.98 Å². The molecule has 6 heteroatoms. The van der Waals surface area contributed by atoms with E-state index < -0.39 is 17.7 Å². The Balaban J connectivity index is 3.45. The van der Waals surface area contributed by atoms with Gasteiger partial charge < -0.3 is 0 Å². The van der Waals surface area contributed by atoms with Crippen LogP contribution in [0.5, 0.6) is 0 Å². The highest BCUT2D eigenvalue weighted by molar-refractivity contribution is 6.32. The zero-order valence-electron chi connectivity index (χ0n) is 6.67. The number of carbonyl (C=O) groups is 1. The molecule has 1 aromatic rings. The van der Waals surface area contributed by atoms with Gasteiger partial charge >= 0.3 is 0 Å². The van der Waals surface area contributed by atoms with Gasteiger partial charge in [0.05, 0.1) is 10.6 Å². The fourth-order valence-corrected chi connectivity index (χ4v) is 1.13. The van der Waals surface area contributed by atoms with Crippen LogP contribution >= 0.6 is 11.6 Å². The maximum Gasteiger partial charge on any atom is 0.281 e. The van der Waals surface area contributed by atoms with Gasteiger partial charge in [-0.2, -0.15) is 5.26 Å². The van der Waals surface area contributed by atoms with E-state index in [0.29, 0.717) is 6.29 Å². The van der Waals surface area contributed by atoms with Gasteiger partial charge in [0.15, 0.2) is 6.29 Å². The Morgan fingerprint density at radius 3 is 2.71 bits per heavy atom. The molecule has 14 heavy (non-hydrogen) atoms. The second-order valence-electron chi connectivity index (χ2n) is 2.32. The molecule has 0 spiro atoms. The molecule has 0 aromatic carbocycles. The largest absolute Gasteiger partial charge is 0.296 e. The molecule has 0 amide bonds. The van der Waals surface area contributed by atoms with Crippen LogP contribution in [0.15, 0.2) is 6.07 Å². The summed E-state index contributed by atoms with van der Waals surface area (Å²) in [6.45, 7) is 0. The molecule has 0 unspecified atom stereocenters.